The van der Waals surface area contributed by atoms with E-state index in [0.717, 1.165) is 63.2 Å². The number of rotatable bonds is 11. The Hall–Kier alpha value is -4.58. The molecule has 0 spiro atoms. The summed E-state index contributed by atoms with van der Waals surface area (Å²) in [5, 5.41) is 20.5. The normalized spacial score (nSPS) is 12.3. The van der Waals surface area contributed by atoms with E-state index >= 15 is 0 Å². The van der Waals surface area contributed by atoms with Crippen LogP contribution in [0.15, 0.2) is 54.6 Å². The fraction of sp³-hybridized carbons (Fsp3) is 0.297. The van der Waals surface area contributed by atoms with Crippen molar-refractivity contribution in [2.45, 2.75) is 71.1 Å². The number of phenolic OH excluding ortho intramolecular Hbond substituents is 2. The van der Waals surface area contributed by atoms with E-state index in [1.807, 2.05) is 36.4 Å². The molecule has 2 aliphatic rings. The molecule has 8 bridgehead atoms. The molecule has 6 rings (SSSR count). The van der Waals surface area contributed by atoms with Gasteiger partial charge in [-0.3, -0.25) is 0 Å². The number of phenols is 2. The third-order valence-electron chi connectivity index (χ3n) is 8.23. The molecule has 0 saturated carbocycles. The van der Waals surface area contributed by atoms with Crippen LogP contribution in [0, 0.1) is 0 Å². The molecule has 0 atom stereocenters. The monoisotopic (exact) mass is 572 g/mol. The first-order valence-electron chi connectivity index (χ1n) is 15.7. The van der Waals surface area contributed by atoms with Crippen LogP contribution in [-0.4, -0.2) is 30.1 Å². The van der Waals surface area contributed by atoms with Crippen molar-refractivity contribution in [2.24, 2.45) is 0 Å². The first-order valence-corrected chi connectivity index (χ1v) is 15.7. The largest absolute Gasteiger partial charge is 0.508 e. The average molecular weight is 573 g/mol. The molecule has 2 aliphatic heterocycles. The summed E-state index contributed by atoms with van der Waals surface area (Å²) in [6.07, 6.45) is 20.9. The molecule has 0 saturated heterocycles. The number of hydrogen-bond donors (Lipinski definition) is 4. The maximum Gasteiger partial charge on any atom is 0.119 e. The number of aromatic hydroxyl groups is 2. The minimum atomic E-state index is -0.00628. The quantitative estimate of drug-likeness (QED) is 0.116. The Morgan fingerprint density at radius 2 is 1.14 bits per heavy atom. The van der Waals surface area contributed by atoms with Gasteiger partial charge < -0.3 is 20.2 Å². The summed E-state index contributed by atoms with van der Waals surface area (Å²) < 4.78 is 0. The van der Waals surface area contributed by atoms with E-state index < -0.39 is 0 Å². The van der Waals surface area contributed by atoms with E-state index in [1.165, 1.54) is 63.0 Å². The van der Waals surface area contributed by atoms with E-state index in [2.05, 4.69) is 41.2 Å². The number of aromatic nitrogens is 4. The van der Waals surface area contributed by atoms with Crippen molar-refractivity contribution >= 4 is 46.4 Å². The molecule has 5 heterocycles. The highest BCUT2D eigenvalue weighted by molar-refractivity contribution is 5.91. The van der Waals surface area contributed by atoms with E-state index in [0.29, 0.717) is 5.56 Å². The Bertz CT molecular complexity index is 1810. The van der Waals surface area contributed by atoms with Crippen molar-refractivity contribution < 1.29 is 10.2 Å². The molecule has 220 valence electrons. The van der Waals surface area contributed by atoms with Crippen molar-refractivity contribution in [3.05, 3.63) is 82.9 Å². The van der Waals surface area contributed by atoms with Crippen molar-refractivity contribution in [3.8, 4) is 22.6 Å². The standard InChI is InChI=1S/C37H40N4O2/c1-2-3-4-5-6-7-8-9-10-11-32-33-16-12-26(38-33)22-28-14-18-35(40-28)37(25-20-30(42)24-31(43)21-25)36-19-15-29(41-36)23-27-13-17-34(32)39-27/h12-24,38,41-43H,2-11H2,1H3. The van der Waals surface area contributed by atoms with Crippen molar-refractivity contribution in [1.29, 1.82) is 0 Å². The lowest BCUT2D eigenvalue weighted by Crippen LogP contribution is -1.92. The molecule has 3 aromatic heterocycles. The third-order valence-corrected chi connectivity index (χ3v) is 8.23. The second-order valence-corrected chi connectivity index (χ2v) is 11.6. The number of nitrogens with one attached hydrogen (secondary N) is 2. The molecule has 4 N–H and O–H groups in total. The molecule has 1 aromatic carbocycles. The van der Waals surface area contributed by atoms with Crippen molar-refractivity contribution in [1.82, 2.24) is 19.9 Å². The van der Waals surface area contributed by atoms with Gasteiger partial charge in [0.1, 0.15) is 11.5 Å². The van der Waals surface area contributed by atoms with E-state index in [9.17, 15) is 10.2 Å². The minimum absolute atomic E-state index is 0.00628. The predicted octanol–water partition coefficient (Wildman–Crippen LogP) is 9.81. The molecule has 43 heavy (non-hydrogen) atoms. The van der Waals surface area contributed by atoms with E-state index in [1.54, 1.807) is 12.1 Å². The topological polar surface area (TPSA) is 97.8 Å². The highest BCUT2D eigenvalue weighted by atomic mass is 16.3. The van der Waals surface area contributed by atoms with Crippen LogP contribution in [0.1, 0.15) is 93.1 Å². The SMILES string of the molecule is CCCCCCCCCCCc1c2nc(cc3ccc([nH]3)c(-c3cc(O)cc(O)c3)c3nc(cc4ccc1[nH]4)C=C3)C=C2. The zero-order chi connectivity index (χ0) is 29.6. The summed E-state index contributed by atoms with van der Waals surface area (Å²) in [6, 6.07) is 17.0. The molecule has 6 heteroatoms. The maximum absolute atomic E-state index is 10.2. The summed E-state index contributed by atoms with van der Waals surface area (Å²) in [5.74, 6) is -0.0126. The van der Waals surface area contributed by atoms with E-state index in [4.69, 9.17) is 9.97 Å². The highest BCUT2D eigenvalue weighted by Gasteiger charge is 2.13. The van der Waals surface area contributed by atoms with Gasteiger partial charge in [0.15, 0.2) is 0 Å². The Balaban J connectivity index is 1.39. The molecule has 0 unspecified atom stereocenters. The summed E-state index contributed by atoms with van der Waals surface area (Å²) in [7, 11) is 0. The molecule has 0 aliphatic carbocycles. The number of benzene rings is 1. The van der Waals surface area contributed by atoms with Crippen molar-refractivity contribution in [3.63, 3.8) is 0 Å². The number of aryl methyl sites for hydroxylation is 1. The number of hydrogen-bond acceptors (Lipinski definition) is 4. The first-order chi connectivity index (χ1) is 21.1. The van der Waals surface area contributed by atoms with Crippen LogP contribution in [0.25, 0.3) is 57.5 Å². The first kappa shape index (κ1) is 28.5. The molecule has 0 fully saturated rings. The Morgan fingerprint density at radius 3 is 1.81 bits per heavy atom. The molecule has 0 amide bonds. The molecule has 0 radical (unpaired) electrons. The van der Waals surface area contributed by atoms with E-state index in [-0.39, 0.29) is 11.5 Å². The summed E-state index contributed by atoms with van der Waals surface area (Å²) in [4.78, 5) is 17.1. The zero-order valence-corrected chi connectivity index (χ0v) is 24.9. The Kier molecular flexibility index (Phi) is 8.73. The van der Waals surface area contributed by atoms with Crippen LogP contribution in [0.4, 0.5) is 0 Å². The Labute approximate surface area is 252 Å². The lowest BCUT2D eigenvalue weighted by atomic mass is 10.0. The lowest BCUT2D eigenvalue weighted by molar-refractivity contribution is 0.451. The fourth-order valence-electron chi connectivity index (χ4n) is 6.05. The average Bonchev–Trinajstić information content (AvgIpc) is 3.80. The molecule has 6 nitrogen and oxygen atoms in total. The van der Waals surface area contributed by atoms with Gasteiger partial charge in [-0.15, -0.1) is 0 Å². The van der Waals surface area contributed by atoms with Gasteiger partial charge in [-0.1, -0.05) is 58.3 Å². The number of aromatic amines is 2. The lowest BCUT2D eigenvalue weighted by Gasteiger charge is -2.06. The van der Waals surface area contributed by atoms with Gasteiger partial charge in [0, 0.05) is 39.3 Å². The smallest absolute Gasteiger partial charge is 0.119 e. The zero-order valence-electron chi connectivity index (χ0n) is 24.9. The van der Waals surface area contributed by atoms with Crippen LogP contribution >= 0.6 is 0 Å². The molecular formula is C37H40N4O2. The fourth-order valence-corrected chi connectivity index (χ4v) is 6.05. The summed E-state index contributed by atoms with van der Waals surface area (Å²) in [5.41, 5.74) is 10.00. The summed E-state index contributed by atoms with van der Waals surface area (Å²) >= 11 is 0. The number of unbranched alkanes of at least 4 members (excludes halogenated alkanes) is 8. The third kappa shape index (κ3) is 6.91. The van der Waals surface area contributed by atoms with Crippen LogP contribution in [0.2, 0.25) is 0 Å². The van der Waals surface area contributed by atoms with Gasteiger partial charge in [0.05, 0.1) is 22.8 Å². The molecule has 4 aromatic rings. The van der Waals surface area contributed by atoms with Crippen LogP contribution in [-0.2, 0) is 6.42 Å². The van der Waals surface area contributed by atoms with Gasteiger partial charge in [-0.25, -0.2) is 9.97 Å². The second kappa shape index (κ2) is 13.2. The maximum atomic E-state index is 10.2. The van der Waals surface area contributed by atoms with Gasteiger partial charge >= 0.3 is 0 Å². The number of H-pyrrole nitrogens is 2. The number of nitrogens with zero attached hydrogens (tertiary/aromatic N) is 2. The van der Waals surface area contributed by atoms with Crippen LogP contribution < -0.4 is 0 Å². The predicted molar refractivity (Wildman–Crippen MR) is 179 cm³/mol. The Morgan fingerprint density at radius 1 is 0.581 bits per heavy atom. The second-order valence-electron chi connectivity index (χ2n) is 11.6. The van der Waals surface area contributed by atoms with Crippen LogP contribution in [0.5, 0.6) is 11.5 Å². The van der Waals surface area contributed by atoms with Crippen molar-refractivity contribution in [2.75, 3.05) is 0 Å². The summed E-state index contributed by atoms with van der Waals surface area (Å²) in [6.45, 7) is 2.27. The van der Waals surface area contributed by atoms with Crippen LogP contribution in [0.3, 0.4) is 0 Å². The number of fused-ring (bicyclic) bond motifs is 8. The van der Waals surface area contributed by atoms with Gasteiger partial charge in [0.2, 0.25) is 0 Å². The minimum Gasteiger partial charge on any atom is -0.508 e. The van der Waals surface area contributed by atoms with Gasteiger partial charge in [0.25, 0.3) is 0 Å². The van der Waals surface area contributed by atoms with Gasteiger partial charge in [-0.05, 0) is 91.2 Å². The highest BCUT2D eigenvalue weighted by Crippen LogP contribution is 2.34. The van der Waals surface area contributed by atoms with Gasteiger partial charge in [-0.2, -0.15) is 0 Å². The molecular weight excluding hydrogens is 532 g/mol.